The van der Waals surface area contributed by atoms with Gasteiger partial charge in [0.25, 0.3) is 0 Å². The average molecular weight is 315 g/mol. The number of aromatic nitrogens is 2. The third-order valence-corrected chi connectivity index (χ3v) is 3.63. The van der Waals surface area contributed by atoms with Crippen LogP contribution in [0.15, 0.2) is 46.9 Å². The smallest absolute Gasteiger partial charge is 0.335 e. The maximum atomic E-state index is 10.8. The van der Waals surface area contributed by atoms with Crippen molar-refractivity contribution in [2.45, 2.75) is 6.92 Å². The van der Waals surface area contributed by atoms with Gasteiger partial charge in [0.15, 0.2) is 0 Å². The molecule has 2 aromatic carbocycles. The second-order valence-corrected chi connectivity index (χ2v) is 5.17. The number of aryl methyl sites for hydroxylation is 1. The maximum Gasteiger partial charge on any atom is 0.335 e. The van der Waals surface area contributed by atoms with Gasteiger partial charge in [0.1, 0.15) is 0 Å². The second-order valence-electron chi connectivity index (χ2n) is 4.76. The first-order valence-electron chi connectivity index (χ1n) is 6.48. The number of rotatable bonds is 3. The molecule has 0 fully saturated rings. The van der Waals surface area contributed by atoms with Crippen molar-refractivity contribution in [3.63, 3.8) is 0 Å². The summed E-state index contributed by atoms with van der Waals surface area (Å²) in [6, 6.07) is 11.7. The number of carboxylic acid groups (broad SMARTS) is 1. The molecular formula is C16H11ClN2O3. The van der Waals surface area contributed by atoms with Gasteiger partial charge in [-0.3, -0.25) is 0 Å². The monoisotopic (exact) mass is 314 g/mol. The highest BCUT2D eigenvalue weighted by Crippen LogP contribution is 2.27. The first-order valence-corrected chi connectivity index (χ1v) is 6.86. The lowest BCUT2D eigenvalue weighted by Crippen LogP contribution is -1.94. The highest BCUT2D eigenvalue weighted by atomic mass is 35.5. The summed E-state index contributed by atoms with van der Waals surface area (Å²) in [6.07, 6.45) is 0. The molecule has 0 amide bonds. The molecule has 1 N–H and O–H groups in total. The number of carboxylic acids is 1. The molecule has 3 rings (SSSR count). The number of nitrogens with zero attached hydrogens (tertiary/aromatic N) is 2. The van der Waals surface area contributed by atoms with E-state index in [9.17, 15) is 4.79 Å². The summed E-state index contributed by atoms with van der Waals surface area (Å²) in [5.41, 5.74) is 2.56. The molecule has 110 valence electrons. The molecule has 0 saturated carbocycles. The van der Waals surface area contributed by atoms with E-state index in [-0.39, 0.29) is 5.56 Å². The molecule has 1 aromatic heterocycles. The molecule has 3 aromatic rings. The van der Waals surface area contributed by atoms with Crippen molar-refractivity contribution in [1.82, 2.24) is 10.2 Å². The van der Waals surface area contributed by atoms with E-state index < -0.39 is 5.97 Å². The molecule has 22 heavy (non-hydrogen) atoms. The number of aromatic carboxylic acids is 1. The first-order chi connectivity index (χ1) is 10.5. The Morgan fingerprint density at radius 1 is 1.05 bits per heavy atom. The summed E-state index contributed by atoms with van der Waals surface area (Å²) >= 11 is 6.09. The summed E-state index contributed by atoms with van der Waals surface area (Å²) < 4.78 is 5.62. The standard InChI is InChI=1S/C16H11ClN2O3/c1-9-2-3-12(8-13(9)17)15-19-18-14(22-15)10-4-6-11(7-5-10)16(20)21/h2-8H,1H3,(H,20,21). The lowest BCUT2D eigenvalue weighted by molar-refractivity contribution is 0.0697. The molecule has 0 aliphatic carbocycles. The van der Waals surface area contributed by atoms with Gasteiger partial charge in [-0.25, -0.2) is 4.79 Å². The van der Waals surface area contributed by atoms with Crippen LogP contribution in [-0.2, 0) is 0 Å². The molecule has 5 nitrogen and oxygen atoms in total. The molecule has 0 radical (unpaired) electrons. The second kappa shape index (κ2) is 5.61. The molecule has 0 saturated heterocycles. The third-order valence-electron chi connectivity index (χ3n) is 3.22. The topological polar surface area (TPSA) is 76.2 Å². The minimum absolute atomic E-state index is 0.203. The zero-order chi connectivity index (χ0) is 15.7. The van der Waals surface area contributed by atoms with Gasteiger partial charge in [-0.15, -0.1) is 10.2 Å². The lowest BCUT2D eigenvalue weighted by atomic mass is 10.1. The highest BCUT2D eigenvalue weighted by molar-refractivity contribution is 6.31. The molecule has 0 spiro atoms. The minimum Gasteiger partial charge on any atom is -0.478 e. The predicted octanol–water partition coefficient (Wildman–Crippen LogP) is 4.06. The Morgan fingerprint density at radius 2 is 1.64 bits per heavy atom. The van der Waals surface area contributed by atoms with Gasteiger partial charge >= 0.3 is 5.97 Å². The van der Waals surface area contributed by atoms with Crippen molar-refractivity contribution in [2.75, 3.05) is 0 Å². The van der Waals surface area contributed by atoms with Crippen LogP contribution in [0, 0.1) is 6.92 Å². The molecule has 1 heterocycles. The Bertz CT molecular complexity index is 841. The Kier molecular flexibility index (Phi) is 3.65. The van der Waals surface area contributed by atoms with Gasteiger partial charge in [0.05, 0.1) is 5.56 Å². The quantitative estimate of drug-likeness (QED) is 0.788. The molecule has 0 unspecified atom stereocenters. The number of halogens is 1. The Balaban J connectivity index is 1.93. The van der Waals surface area contributed by atoms with Crippen LogP contribution in [0.3, 0.4) is 0 Å². The van der Waals surface area contributed by atoms with Crippen LogP contribution < -0.4 is 0 Å². The Labute approximate surface area is 131 Å². The van der Waals surface area contributed by atoms with E-state index in [0.29, 0.717) is 22.4 Å². The molecule has 0 atom stereocenters. The minimum atomic E-state index is -0.980. The Hall–Kier alpha value is -2.66. The van der Waals surface area contributed by atoms with Crippen molar-refractivity contribution < 1.29 is 14.3 Å². The van der Waals surface area contributed by atoms with E-state index in [1.807, 2.05) is 19.1 Å². The van der Waals surface area contributed by atoms with Crippen molar-refractivity contribution >= 4 is 17.6 Å². The van der Waals surface area contributed by atoms with E-state index in [4.69, 9.17) is 21.1 Å². The first kappa shape index (κ1) is 14.3. The summed E-state index contributed by atoms with van der Waals surface area (Å²) in [6.45, 7) is 1.91. The van der Waals surface area contributed by atoms with E-state index in [1.54, 1.807) is 18.2 Å². The fraction of sp³-hybridized carbons (Fsp3) is 0.0625. The van der Waals surface area contributed by atoms with E-state index in [0.717, 1.165) is 11.1 Å². The van der Waals surface area contributed by atoms with E-state index in [2.05, 4.69) is 10.2 Å². The van der Waals surface area contributed by atoms with Gasteiger partial charge in [-0.05, 0) is 48.9 Å². The maximum absolute atomic E-state index is 10.8. The van der Waals surface area contributed by atoms with Gasteiger partial charge in [0.2, 0.25) is 11.8 Å². The fourth-order valence-corrected chi connectivity index (χ4v) is 2.12. The van der Waals surface area contributed by atoms with Crippen LogP contribution in [0.25, 0.3) is 22.9 Å². The van der Waals surface area contributed by atoms with Crippen molar-refractivity contribution in [3.8, 4) is 22.9 Å². The third kappa shape index (κ3) is 2.71. The largest absolute Gasteiger partial charge is 0.478 e. The van der Waals surface area contributed by atoms with Crippen LogP contribution in [0.2, 0.25) is 5.02 Å². The molecule has 0 aliphatic heterocycles. The van der Waals surface area contributed by atoms with Gasteiger partial charge < -0.3 is 9.52 Å². The van der Waals surface area contributed by atoms with Gasteiger partial charge in [0, 0.05) is 16.1 Å². The van der Waals surface area contributed by atoms with Gasteiger partial charge in [-0.1, -0.05) is 17.7 Å². The number of carbonyl (C=O) groups is 1. The summed E-state index contributed by atoms with van der Waals surface area (Å²) in [5, 5.41) is 17.5. The normalized spacial score (nSPS) is 10.6. The lowest BCUT2D eigenvalue weighted by Gasteiger charge is -1.99. The predicted molar refractivity (Wildman–Crippen MR) is 81.9 cm³/mol. The van der Waals surface area contributed by atoms with Gasteiger partial charge in [-0.2, -0.15) is 0 Å². The van der Waals surface area contributed by atoms with Crippen molar-refractivity contribution in [1.29, 1.82) is 0 Å². The van der Waals surface area contributed by atoms with Crippen LogP contribution in [0.5, 0.6) is 0 Å². The van der Waals surface area contributed by atoms with Crippen LogP contribution >= 0.6 is 11.6 Å². The average Bonchev–Trinajstić information content (AvgIpc) is 3.00. The van der Waals surface area contributed by atoms with Crippen LogP contribution in [-0.4, -0.2) is 21.3 Å². The summed E-state index contributed by atoms with van der Waals surface area (Å²) in [4.78, 5) is 10.8. The fourth-order valence-electron chi connectivity index (χ4n) is 1.94. The number of benzene rings is 2. The van der Waals surface area contributed by atoms with Crippen LogP contribution in [0.1, 0.15) is 15.9 Å². The van der Waals surface area contributed by atoms with E-state index in [1.165, 1.54) is 12.1 Å². The van der Waals surface area contributed by atoms with Crippen molar-refractivity contribution in [3.05, 3.63) is 58.6 Å². The number of hydrogen-bond acceptors (Lipinski definition) is 4. The molecule has 0 aliphatic rings. The van der Waals surface area contributed by atoms with Crippen molar-refractivity contribution in [2.24, 2.45) is 0 Å². The zero-order valence-corrected chi connectivity index (χ0v) is 12.3. The zero-order valence-electron chi connectivity index (χ0n) is 11.6. The molecular weight excluding hydrogens is 304 g/mol. The highest BCUT2D eigenvalue weighted by Gasteiger charge is 2.12. The molecule has 6 heteroatoms. The van der Waals surface area contributed by atoms with E-state index >= 15 is 0 Å². The summed E-state index contributed by atoms with van der Waals surface area (Å²) in [7, 11) is 0. The molecule has 0 bridgehead atoms. The Morgan fingerprint density at radius 3 is 2.23 bits per heavy atom. The summed E-state index contributed by atoms with van der Waals surface area (Å²) in [5.74, 6) is -0.296. The SMILES string of the molecule is Cc1ccc(-c2nnc(-c3ccc(C(=O)O)cc3)o2)cc1Cl. The van der Waals surface area contributed by atoms with Crippen LogP contribution in [0.4, 0.5) is 0 Å². The number of hydrogen-bond donors (Lipinski definition) is 1.